The van der Waals surface area contributed by atoms with E-state index >= 15 is 0 Å². The molecule has 0 fully saturated rings. The lowest BCUT2D eigenvalue weighted by Crippen LogP contribution is -2.12. The molecule has 4 heteroatoms. The Morgan fingerprint density at radius 3 is 2.38 bits per heavy atom. The van der Waals surface area contributed by atoms with Crippen LogP contribution in [0.3, 0.4) is 0 Å². The van der Waals surface area contributed by atoms with Gasteiger partial charge >= 0.3 is 0 Å². The summed E-state index contributed by atoms with van der Waals surface area (Å²) < 4.78 is 2.95. The van der Waals surface area contributed by atoms with Gasteiger partial charge in [-0.05, 0) is 54.6 Å². The Morgan fingerprint density at radius 2 is 1.67 bits per heavy atom. The SMILES string of the molecule is O=C(Nc1ccc(Br)cc1)c1cccc(-n2cccc2)c1. The highest BCUT2D eigenvalue weighted by Crippen LogP contribution is 2.16. The molecule has 3 nitrogen and oxygen atoms in total. The molecule has 0 aliphatic heterocycles. The van der Waals surface area contributed by atoms with Crippen molar-refractivity contribution in [2.75, 3.05) is 5.32 Å². The number of hydrogen-bond acceptors (Lipinski definition) is 1. The molecule has 1 amide bonds. The van der Waals surface area contributed by atoms with E-state index in [4.69, 9.17) is 0 Å². The molecule has 0 atom stereocenters. The van der Waals surface area contributed by atoms with Crippen LogP contribution >= 0.6 is 15.9 Å². The van der Waals surface area contributed by atoms with Crippen LogP contribution in [0, 0.1) is 0 Å². The van der Waals surface area contributed by atoms with E-state index in [1.54, 1.807) is 6.07 Å². The molecule has 2 aromatic carbocycles. The van der Waals surface area contributed by atoms with Crippen LogP contribution in [-0.2, 0) is 0 Å². The predicted octanol–water partition coefficient (Wildman–Crippen LogP) is 4.49. The smallest absolute Gasteiger partial charge is 0.255 e. The van der Waals surface area contributed by atoms with Crippen molar-refractivity contribution >= 4 is 27.5 Å². The third kappa shape index (κ3) is 3.23. The topological polar surface area (TPSA) is 34.0 Å². The minimum absolute atomic E-state index is 0.119. The number of nitrogens with zero attached hydrogens (tertiary/aromatic N) is 1. The quantitative estimate of drug-likeness (QED) is 0.748. The maximum Gasteiger partial charge on any atom is 0.255 e. The van der Waals surface area contributed by atoms with E-state index < -0.39 is 0 Å². The number of amides is 1. The minimum Gasteiger partial charge on any atom is -0.324 e. The van der Waals surface area contributed by atoms with Crippen LogP contribution in [-0.4, -0.2) is 10.5 Å². The van der Waals surface area contributed by atoms with Gasteiger partial charge in [0, 0.05) is 33.8 Å². The van der Waals surface area contributed by atoms with E-state index in [-0.39, 0.29) is 5.91 Å². The molecular weight excluding hydrogens is 328 g/mol. The molecule has 0 aliphatic rings. The molecule has 0 unspecified atom stereocenters. The summed E-state index contributed by atoms with van der Waals surface area (Å²) in [5.41, 5.74) is 2.36. The van der Waals surface area contributed by atoms with Crippen molar-refractivity contribution < 1.29 is 4.79 Å². The zero-order valence-electron chi connectivity index (χ0n) is 11.2. The van der Waals surface area contributed by atoms with Crippen molar-refractivity contribution in [1.29, 1.82) is 0 Å². The van der Waals surface area contributed by atoms with Gasteiger partial charge in [-0.1, -0.05) is 22.0 Å². The number of nitrogens with one attached hydrogen (secondary N) is 1. The van der Waals surface area contributed by atoms with E-state index in [9.17, 15) is 4.79 Å². The van der Waals surface area contributed by atoms with E-state index in [1.807, 2.05) is 71.6 Å². The highest BCUT2D eigenvalue weighted by atomic mass is 79.9. The summed E-state index contributed by atoms with van der Waals surface area (Å²) in [5, 5.41) is 2.89. The Balaban J connectivity index is 1.81. The lowest BCUT2D eigenvalue weighted by atomic mass is 10.2. The van der Waals surface area contributed by atoms with E-state index in [2.05, 4.69) is 21.2 Å². The fourth-order valence-corrected chi connectivity index (χ4v) is 2.32. The molecule has 0 radical (unpaired) electrons. The summed E-state index contributed by atoms with van der Waals surface area (Å²) in [5.74, 6) is -0.119. The molecular formula is C17H13BrN2O. The van der Waals surface area contributed by atoms with Gasteiger partial charge in [-0.15, -0.1) is 0 Å². The Kier molecular flexibility index (Phi) is 3.88. The molecule has 0 bridgehead atoms. The van der Waals surface area contributed by atoms with Crippen molar-refractivity contribution in [3.05, 3.63) is 83.1 Å². The number of hydrogen-bond donors (Lipinski definition) is 1. The summed E-state index contributed by atoms with van der Waals surface area (Å²) in [7, 11) is 0. The van der Waals surface area contributed by atoms with Gasteiger partial charge in [-0.2, -0.15) is 0 Å². The van der Waals surface area contributed by atoms with Crippen LogP contribution in [0.4, 0.5) is 5.69 Å². The highest BCUT2D eigenvalue weighted by Gasteiger charge is 2.07. The van der Waals surface area contributed by atoms with Gasteiger partial charge in [0.05, 0.1) is 0 Å². The Hall–Kier alpha value is -2.33. The predicted molar refractivity (Wildman–Crippen MR) is 87.9 cm³/mol. The van der Waals surface area contributed by atoms with Crippen LogP contribution in [0.25, 0.3) is 5.69 Å². The maximum absolute atomic E-state index is 12.3. The summed E-state index contributed by atoms with van der Waals surface area (Å²) in [4.78, 5) is 12.3. The van der Waals surface area contributed by atoms with E-state index in [0.29, 0.717) is 5.56 Å². The molecule has 1 heterocycles. The van der Waals surface area contributed by atoms with Crippen molar-refractivity contribution in [3.63, 3.8) is 0 Å². The fourth-order valence-electron chi connectivity index (χ4n) is 2.05. The fraction of sp³-hybridized carbons (Fsp3) is 0. The van der Waals surface area contributed by atoms with Gasteiger partial charge in [-0.3, -0.25) is 4.79 Å². The largest absolute Gasteiger partial charge is 0.324 e. The zero-order valence-corrected chi connectivity index (χ0v) is 12.7. The second-order valence-corrected chi connectivity index (χ2v) is 5.52. The lowest BCUT2D eigenvalue weighted by Gasteiger charge is -2.08. The maximum atomic E-state index is 12.3. The Bertz CT molecular complexity index is 749. The summed E-state index contributed by atoms with van der Waals surface area (Å²) >= 11 is 3.37. The molecule has 0 spiro atoms. The van der Waals surface area contributed by atoms with Gasteiger partial charge in [0.2, 0.25) is 0 Å². The molecule has 0 aliphatic carbocycles. The van der Waals surface area contributed by atoms with Crippen molar-refractivity contribution in [3.8, 4) is 5.69 Å². The summed E-state index contributed by atoms with van der Waals surface area (Å²) in [6.07, 6.45) is 3.90. The first-order valence-electron chi connectivity index (χ1n) is 6.53. The van der Waals surface area contributed by atoms with Crippen LogP contribution < -0.4 is 5.32 Å². The first-order valence-corrected chi connectivity index (χ1v) is 7.32. The van der Waals surface area contributed by atoms with Crippen molar-refractivity contribution in [2.45, 2.75) is 0 Å². The number of carbonyl (C=O) groups is 1. The number of halogens is 1. The second-order valence-electron chi connectivity index (χ2n) is 4.60. The highest BCUT2D eigenvalue weighted by molar-refractivity contribution is 9.10. The number of carbonyl (C=O) groups excluding carboxylic acids is 1. The van der Waals surface area contributed by atoms with Gasteiger partial charge in [0.1, 0.15) is 0 Å². The second kappa shape index (κ2) is 5.97. The molecule has 0 saturated carbocycles. The van der Waals surface area contributed by atoms with Gasteiger partial charge in [-0.25, -0.2) is 0 Å². The van der Waals surface area contributed by atoms with Crippen molar-refractivity contribution in [1.82, 2.24) is 4.57 Å². The zero-order chi connectivity index (χ0) is 14.7. The van der Waals surface area contributed by atoms with Crippen molar-refractivity contribution in [2.24, 2.45) is 0 Å². The standard InChI is InChI=1S/C17H13BrN2O/c18-14-6-8-15(9-7-14)19-17(21)13-4-3-5-16(12-13)20-10-1-2-11-20/h1-12H,(H,19,21). The molecule has 3 rings (SSSR count). The Morgan fingerprint density at radius 1 is 0.952 bits per heavy atom. The van der Waals surface area contributed by atoms with Crippen LogP contribution in [0.2, 0.25) is 0 Å². The average Bonchev–Trinajstić information content (AvgIpc) is 3.04. The number of rotatable bonds is 3. The third-order valence-electron chi connectivity index (χ3n) is 3.11. The van der Waals surface area contributed by atoms with Crippen LogP contribution in [0.15, 0.2) is 77.5 Å². The van der Waals surface area contributed by atoms with Gasteiger partial charge in [0.25, 0.3) is 5.91 Å². The van der Waals surface area contributed by atoms with E-state index in [1.165, 1.54) is 0 Å². The average molecular weight is 341 g/mol. The lowest BCUT2D eigenvalue weighted by molar-refractivity contribution is 0.102. The van der Waals surface area contributed by atoms with Crippen LogP contribution in [0.5, 0.6) is 0 Å². The molecule has 104 valence electrons. The Labute approximate surface area is 131 Å². The molecule has 21 heavy (non-hydrogen) atoms. The minimum atomic E-state index is -0.119. The number of benzene rings is 2. The number of anilines is 1. The van der Waals surface area contributed by atoms with E-state index in [0.717, 1.165) is 15.8 Å². The third-order valence-corrected chi connectivity index (χ3v) is 3.64. The normalized spacial score (nSPS) is 10.3. The molecule has 1 N–H and O–H groups in total. The molecule has 1 aromatic heterocycles. The van der Waals surface area contributed by atoms with Gasteiger partial charge in [0.15, 0.2) is 0 Å². The monoisotopic (exact) mass is 340 g/mol. The molecule has 3 aromatic rings. The summed E-state index contributed by atoms with van der Waals surface area (Å²) in [6.45, 7) is 0. The first kappa shape index (κ1) is 13.6. The molecule has 0 saturated heterocycles. The summed E-state index contributed by atoms with van der Waals surface area (Å²) in [6, 6.07) is 18.9. The van der Waals surface area contributed by atoms with Crippen LogP contribution in [0.1, 0.15) is 10.4 Å². The number of aromatic nitrogens is 1. The first-order chi connectivity index (χ1) is 10.2. The van der Waals surface area contributed by atoms with Gasteiger partial charge < -0.3 is 9.88 Å².